The smallest absolute Gasteiger partial charge is 0.307 e. The zero-order valence-electron chi connectivity index (χ0n) is 21.9. The molecule has 0 fully saturated rings. The van der Waals surface area contributed by atoms with Gasteiger partial charge in [0.1, 0.15) is 35.6 Å². The molecule has 3 aromatic carbocycles. The Balaban J connectivity index is 2.13. The molecule has 1 heterocycles. The minimum atomic E-state index is 0.600. The summed E-state index contributed by atoms with van der Waals surface area (Å²) in [5, 5.41) is 0. The molecule has 4 rings (SSSR count). The summed E-state index contributed by atoms with van der Waals surface area (Å²) in [4.78, 5) is 0. The van der Waals surface area contributed by atoms with E-state index in [9.17, 15) is 0 Å². The highest BCUT2D eigenvalue weighted by Crippen LogP contribution is 2.29. The molecule has 35 heavy (non-hydrogen) atoms. The molecule has 4 aromatic rings. The minimum Gasteiger partial charge on any atom is -0.493 e. The first-order valence-corrected chi connectivity index (χ1v) is 12.2. The van der Waals surface area contributed by atoms with E-state index < -0.39 is 0 Å². The van der Waals surface area contributed by atoms with E-state index >= 15 is 0 Å². The lowest BCUT2D eigenvalue weighted by Crippen LogP contribution is -2.36. The number of benzene rings is 3. The largest absolute Gasteiger partial charge is 0.493 e. The average molecular weight is 464 g/mol. The number of hydrogen-bond donors (Lipinski definition) is 0. The van der Waals surface area contributed by atoms with Gasteiger partial charge in [-0.15, -0.1) is 0 Å². The molecule has 0 amide bonds. The zero-order valence-corrected chi connectivity index (χ0v) is 21.9. The molecule has 0 aliphatic carbocycles. The van der Waals surface area contributed by atoms with Crippen molar-refractivity contribution >= 4 is 5.57 Å². The van der Waals surface area contributed by atoms with Crippen molar-refractivity contribution in [1.29, 1.82) is 0 Å². The van der Waals surface area contributed by atoms with Crippen LogP contribution in [-0.2, 0) is 4.74 Å². The number of imidazole rings is 1. The molecule has 1 aromatic heterocycles. The fraction of sp³-hybridized carbons (Fsp3) is 0.250. The van der Waals surface area contributed by atoms with E-state index in [1.54, 1.807) is 6.26 Å². The Morgan fingerprint density at radius 3 is 2.00 bits per heavy atom. The van der Waals surface area contributed by atoms with Crippen LogP contribution in [0.4, 0.5) is 0 Å². The number of aryl methyl sites for hydroxylation is 6. The van der Waals surface area contributed by atoms with Gasteiger partial charge in [0.05, 0.1) is 6.61 Å². The predicted octanol–water partition coefficient (Wildman–Crippen LogP) is 7.19. The van der Waals surface area contributed by atoms with Crippen LogP contribution in [-0.4, -0.2) is 11.2 Å². The Bertz CT molecular complexity index is 1310. The van der Waals surface area contributed by atoms with Crippen LogP contribution >= 0.6 is 0 Å². The summed E-state index contributed by atoms with van der Waals surface area (Å²) < 4.78 is 10.2. The molecule has 0 atom stereocenters. The molecule has 3 nitrogen and oxygen atoms in total. The van der Waals surface area contributed by atoms with Crippen LogP contribution in [0, 0.1) is 41.5 Å². The van der Waals surface area contributed by atoms with Crippen LogP contribution in [0.5, 0.6) is 0 Å². The van der Waals surface area contributed by atoms with Gasteiger partial charge >= 0.3 is 5.82 Å². The van der Waals surface area contributed by atoms with Gasteiger partial charge in [-0.05, 0) is 76.3 Å². The highest BCUT2D eigenvalue weighted by Gasteiger charge is 2.29. The molecule has 0 spiro atoms. The third-order valence-electron chi connectivity index (χ3n) is 6.31. The Morgan fingerprint density at radius 1 is 0.857 bits per heavy atom. The van der Waals surface area contributed by atoms with Crippen LogP contribution in [0.1, 0.15) is 51.7 Å². The maximum absolute atomic E-state index is 5.63. The summed E-state index contributed by atoms with van der Waals surface area (Å²) in [6, 6.07) is 19.5. The van der Waals surface area contributed by atoms with E-state index in [2.05, 4.69) is 117 Å². The van der Waals surface area contributed by atoms with Gasteiger partial charge in [-0.25, -0.2) is 0 Å². The number of aromatic nitrogens is 2. The van der Waals surface area contributed by atoms with E-state index in [1.165, 1.54) is 44.8 Å². The maximum Gasteiger partial charge on any atom is 0.307 e. The number of ether oxygens (including phenoxy) is 1. The van der Waals surface area contributed by atoms with Crippen molar-refractivity contribution in [2.24, 2.45) is 0 Å². The molecule has 3 heteroatoms. The first-order valence-electron chi connectivity index (χ1n) is 12.2. The van der Waals surface area contributed by atoms with Gasteiger partial charge in [-0.2, -0.15) is 9.13 Å². The van der Waals surface area contributed by atoms with Gasteiger partial charge in [-0.3, -0.25) is 0 Å². The third kappa shape index (κ3) is 4.87. The van der Waals surface area contributed by atoms with Crippen molar-refractivity contribution in [3.63, 3.8) is 0 Å². The minimum absolute atomic E-state index is 0.600. The second-order valence-corrected chi connectivity index (χ2v) is 9.31. The molecule has 0 saturated heterocycles. The summed E-state index contributed by atoms with van der Waals surface area (Å²) in [5.41, 5.74) is 15.4. The van der Waals surface area contributed by atoms with Crippen molar-refractivity contribution in [2.75, 3.05) is 6.61 Å². The number of nitrogens with zero attached hydrogens (tertiary/aromatic N) is 2. The zero-order chi connectivity index (χ0) is 25.1. The van der Waals surface area contributed by atoms with Gasteiger partial charge in [0, 0.05) is 0 Å². The van der Waals surface area contributed by atoms with Crippen molar-refractivity contribution in [3.8, 4) is 11.4 Å². The van der Waals surface area contributed by atoms with Gasteiger partial charge in [0.25, 0.3) is 0 Å². The van der Waals surface area contributed by atoms with Gasteiger partial charge in [0.15, 0.2) is 0 Å². The predicted molar refractivity (Wildman–Crippen MR) is 144 cm³/mol. The summed E-state index contributed by atoms with van der Waals surface area (Å²) in [7, 11) is 0. The lowest BCUT2D eigenvalue weighted by Gasteiger charge is -2.14. The second kappa shape index (κ2) is 10.2. The van der Waals surface area contributed by atoms with Crippen molar-refractivity contribution < 1.29 is 9.30 Å². The van der Waals surface area contributed by atoms with E-state index in [-0.39, 0.29) is 0 Å². The first-order chi connectivity index (χ1) is 16.8. The SMILES string of the molecule is CCOC=C=C(c1ccccc1)c1n(-c2c(C)cc(C)cc2C)cc[n+]1-c1c(C)cc(C)cc1C. The van der Waals surface area contributed by atoms with Crippen LogP contribution in [0.3, 0.4) is 0 Å². The first kappa shape index (κ1) is 24.3. The molecule has 0 N–H and O–H groups in total. The van der Waals surface area contributed by atoms with Crippen molar-refractivity contribution in [1.82, 2.24) is 4.57 Å². The average Bonchev–Trinajstić information content (AvgIpc) is 3.19. The van der Waals surface area contributed by atoms with Crippen LogP contribution in [0.2, 0.25) is 0 Å². The fourth-order valence-corrected chi connectivity index (χ4v) is 5.16. The molecule has 0 aliphatic rings. The quantitative estimate of drug-likeness (QED) is 0.168. The second-order valence-electron chi connectivity index (χ2n) is 9.31. The number of hydrogen-bond acceptors (Lipinski definition) is 1. The molecule has 0 bridgehead atoms. The summed E-state index contributed by atoms with van der Waals surface area (Å²) in [6.07, 6.45) is 6.03. The van der Waals surface area contributed by atoms with Crippen molar-refractivity contribution in [2.45, 2.75) is 48.5 Å². The summed E-state index contributed by atoms with van der Waals surface area (Å²) in [5.74, 6) is 1.04. The molecule has 0 aliphatic heterocycles. The van der Waals surface area contributed by atoms with Gasteiger partial charge in [0.2, 0.25) is 0 Å². The van der Waals surface area contributed by atoms with Crippen LogP contribution in [0.15, 0.2) is 79.0 Å². The van der Waals surface area contributed by atoms with Gasteiger partial charge in [-0.1, -0.05) is 71.5 Å². The van der Waals surface area contributed by atoms with Crippen LogP contribution in [0.25, 0.3) is 16.9 Å². The lowest BCUT2D eigenvalue weighted by molar-refractivity contribution is -0.598. The summed E-state index contributed by atoms with van der Waals surface area (Å²) >= 11 is 0. The van der Waals surface area contributed by atoms with E-state index in [1.807, 2.05) is 13.0 Å². The molecular formula is C32H35N2O+. The normalized spacial score (nSPS) is 10.7. The fourth-order valence-electron chi connectivity index (χ4n) is 5.16. The third-order valence-corrected chi connectivity index (χ3v) is 6.31. The monoisotopic (exact) mass is 463 g/mol. The van der Waals surface area contributed by atoms with Crippen LogP contribution < -0.4 is 4.57 Å². The van der Waals surface area contributed by atoms with E-state index in [4.69, 9.17) is 4.74 Å². The summed E-state index contributed by atoms with van der Waals surface area (Å²) in [6.45, 7) is 15.6. The van der Waals surface area contributed by atoms with Crippen molar-refractivity contribution in [3.05, 3.63) is 124 Å². The highest BCUT2D eigenvalue weighted by atomic mass is 16.5. The molecule has 178 valence electrons. The molecule has 0 saturated carbocycles. The Morgan fingerprint density at radius 2 is 1.43 bits per heavy atom. The molecule has 0 radical (unpaired) electrons. The number of rotatable bonds is 6. The van der Waals surface area contributed by atoms with E-state index in [0.29, 0.717) is 6.61 Å². The lowest BCUT2D eigenvalue weighted by atomic mass is 10.0. The Labute approximate surface area is 209 Å². The Hall–Kier alpha value is -3.81. The standard InChI is InChI=1S/C32H35N2O/c1-8-35-17-14-29(28-12-10-9-11-13-28)32-33(30-24(4)18-22(2)19-25(30)5)15-16-34(32)31-26(6)20-23(3)21-27(31)7/h9-13,15-21H,8H2,1-7H3/q+1. The maximum atomic E-state index is 5.63. The topological polar surface area (TPSA) is 18.0 Å². The molecular weight excluding hydrogens is 428 g/mol. The highest BCUT2D eigenvalue weighted by molar-refractivity contribution is 5.76. The van der Waals surface area contributed by atoms with E-state index in [0.717, 1.165) is 17.0 Å². The Kier molecular flexibility index (Phi) is 7.10. The van der Waals surface area contributed by atoms with Gasteiger partial charge < -0.3 is 4.74 Å². The molecule has 0 unspecified atom stereocenters.